The van der Waals surface area contributed by atoms with Gasteiger partial charge >= 0.3 is 5.82 Å². The van der Waals surface area contributed by atoms with E-state index in [4.69, 9.17) is 0 Å². The van der Waals surface area contributed by atoms with Gasteiger partial charge in [-0.25, -0.2) is 4.98 Å². The maximum absolute atomic E-state index is 11.1. The van der Waals surface area contributed by atoms with E-state index in [0.29, 0.717) is 11.6 Å². The van der Waals surface area contributed by atoms with Crippen LogP contribution in [0.15, 0.2) is 0 Å². The van der Waals surface area contributed by atoms with E-state index >= 15 is 0 Å². The summed E-state index contributed by atoms with van der Waals surface area (Å²) in [5.74, 6) is 0.879. The molecule has 108 valence electrons. The summed E-state index contributed by atoms with van der Waals surface area (Å²) < 4.78 is 1.69. The van der Waals surface area contributed by atoms with Crippen LogP contribution in [0, 0.1) is 30.9 Å². The maximum Gasteiger partial charge on any atom is 0.406 e. The number of hydrogen-bond donors (Lipinski definition) is 1. The molecule has 7 nitrogen and oxygen atoms in total. The molecular weight excluding hydrogens is 278 g/mol. The van der Waals surface area contributed by atoms with E-state index in [0.717, 1.165) is 15.6 Å². The van der Waals surface area contributed by atoms with Gasteiger partial charge in [-0.15, -0.1) is 11.3 Å². The molecule has 0 aliphatic heterocycles. The van der Waals surface area contributed by atoms with Gasteiger partial charge in [0.2, 0.25) is 11.6 Å². The van der Waals surface area contributed by atoms with Crippen molar-refractivity contribution in [2.24, 2.45) is 7.05 Å². The first-order valence-corrected chi connectivity index (χ1v) is 7.01. The fourth-order valence-corrected chi connectivity index (χ4v) is 3.03. The SMILES string of the molecule is Cc1nc(C)c(C(C)Nc2c([N+](=O)[O-])nc(C)n2C)s1. The number of nitrogens with zero attached hydrogens (tertiary/aromatic N) is 4. The van der Waals surface area contributed by atoms with Crippen LogP contribution in [-0.4, -0.2) is 19.5 Å². The molecule has 0 amide bonds. The zero-order chi connectivity index (χ0) is 15.0. The zero-order valence-corrected chi connectivity index (χ0v) is 12.9. The Morgan fingerprint density at radius 3 is 2.50 bits per heavy atom. The van der Waals surface area contributed by atoms with E-state index in [2.05, 4.69) is 15.3 Å². The highest BCUT2D eigenvalue weighted by atomic mass is 32.1. The average Bonchev–Trinajstić information content (AvgIpc) is 2.83. The van der Waals surface area contributed by atoms with Crippen molar-refractivity contribution in [3.05, 3.63) is 31.5 Å². The van der Waals surface area contributed by atoms with Gasteiger partial charge in [-0.1, -0.05) is 0 Å². The molecule has 0 fully saturated rings. The molecule has 0 aliphatic rings. The Hall–Kier alpha value is -1.96. The van der Waals surface area contributed by atoms with Crippen LogP contribution < -0.4 is 5.32 Å². The van der Waals surface area contributed by atoms with Gasteiger partial charge in [0.25, 0.3) is 0 Å². The number of aromatic nitrogens is 3. The molecule has 2 aromatic heterocycles. The molecule has 0 bridgehead atoms. The molecular formula is C12H17N5O2S. The zero-order valence-electron chi connectivity index (χ0n) is 12.1. The molecule has 2 heterocycles. The molecule has 2 aromatic rings. The normalized spacial score (nSPS) is 12.4. The van der Waals surface area contributed by atoms with Crippen LogP contribution in [0.25, 0.3) is 0 Å². The number of anilines is 1. The molecule has 1 unspecified atom stereocenters. The van der Waals surface area contributed by atoms with Gasteiger partial charge in [-0.2, -0.15) is 0 Å². The van der Waals surface area contributed by atoms with Gasteiger partial charge in [0, 0.05) is 18.8 Å². The number of rotatable bonds is 4. The van der Waals surface area contributed by atoms with Crippen LogP contribution in [0.5, 0.6) is 0 Å². The molecule has 0 saturated heterocycles. The summed E-state index contributed by atoms with van der Waals surface area (Å²) in [4.78, 5) is 20.0. The third-order valence-electron chi connectivity index (χ3n) is 3.16. The summed E-state index contributed by atoms with van der Waals surface area (Å²) in [6.45, 7) is 7.60. The van der Waals surface area contributed by atoms with Gasteiger partial charge in [-0.3, -0.25) is 4.57 Å². The number of imidazole rings is 1. The molecule has 20 heavy (non-hydrogen) atoms. The first-order chi connectivity index (χ1) is 9.31. The maximum atomic E-state index is 11.1. The van der Waals surface area contributed by atoms with Crippen molar-refractivity contribution in [3.8, 4) is 0 Å². The minimum atomic E-state index is -0.465. The highest BCUT2D eigenvalue weighted by Crippen LogP contribution is 2.31. The summed E-state index contributed by atoms with van der Waals surface area (Å²) >= 11 is 1.60. The molecule has 2 rings (SSSR count). The quantitative estimate of drug-likeness (QED) is 0.692. The number of thiazole rings is 1. The second-order valence-corrected chi connectivity index (χ2v) is 5.93. The lowest BCUT2D eigenvalue weighted by Crippen LogP contribution is -2.11. The van der Waals surface area contributed by atoms with E-state index in [1.807, 2.05) is 20.8 Å². The molecule has 0 aromatic carbocycles. The Bertz CT molecular complexity index is 661. The van der Waals surface area contributed by atoms with Gasteiger partial charge < -0.3 is 15.4 Å². The fraction of sp³-hybridized carbons (Fsp3) is 0.500. The molecule has 0 radical (unpaired) electrons. The minimum Gasteiger partial charge on any atom is -0.358 e. The fourth-order valence-electron chi connectivity index (χ4n) is 2.10. The molecule has 1 atom stereocenters. The standard InChI is InChI=1S/C12H17N5O2S/c1-6-10(20-9(4)13-6)7(2)14-11-12(17(18)19)15-8(3)16(11)5/h7,14H,1-5H3. The van der Waals surface area contributed by atoms with Gasteiger partial charge in [0.1, 0.15) is 0 Å². The van der Waals surface area contributed by atoms with Crippen molar-refractivity contribution < 1.29 is 4.92 Å². The predicted molar refractivity (Wildman–Crippen MR) is 78.2 cm³/mol. The first kappa shape index (κ1) is 14.4. The first-order valence-electron chi connectivity index (χ1n) is 6.19. The topological polar surface area (TPSA) is 85.9 Å². The number of hydrogen-bond acceptors (Lipinski definition) is 6. The summed E-state index contributed by atoms with van der Waals surface area (Å²) in [5.41, 5.74) is 0.953. The highest BCUT2D eigenvalue weighted by Gasteiger charge is 2.25. The van der Waals surface area contributed by atoms with Crippen molar-refractivity contribution in [2.45, 2.75) is 33.7 Å². The number of nitro groups is 1. The van der Waals surface area contributed by atoms with Crippen LogP contribution in [0.4, 0.5) is 11.6 Å². The summed E-state index contributed by atoms with van der Waals surface area (Å²) in [5, 5.41) is 15.2. The lowest BCUT2D eigenvalue weighted by molar-refractivity contribution is -0.388. The number of nitrogens with one attached hydrogen (secondary N) is 1. The van der Waals surface area contributed by atoms with E-state index < -0.39 is 4.92 Å². The number of aryl methyl sites for hydroxylation is 3. The van der Waals surface area contributed by atoms with Gasteiger partial charge in [0.05, 0.1) is 16.7 Å². The Morgan fingerprint density at radius 1 is 1.35 bits per heavy atom. The molecule has 0 saturated carbocycles. The molecule has 0 aliphatic carbocycles. The van der Waals surface area contributed by atoms with Crippen molar-refractivity contribution in [1.29, 1.82) is 0 Å². The van der Waals surface area contributed by atoms with Gasteiger partial charge in [0.15, 0.2) is 0 Å². The minimum absolute atomic E-state index is 0.0605. The largest absolute Gasteiger partial charge is 0.406 e. The van der Waals surface area contributed by atoms with Crippen molar-refractivity contribution in [1.82, 2.24) is 14.5 Å². The Kier molecular flexibility index (Phi) is 3.76. The predicted octanol–water partition coefficient (Wildman–Crippen LogP) is 2.88. The Morgan fingerprint density at radius 2 is 2.00 bits per heavy atom. The summed E-state index contributed by atoms with van der Waals surface area (Å²) in [6, 6.07) is -0.0605. The summed E-state index contributed by atoms with van der Waals surface area (Å²) in [7, 11) is 1.76. The van der Waals surface area contributed by atoms with Crippen LogP contribution in [0.3, 0.4) is 0 Å². The third kappa shape index (κ3) is 2.51. The van der Waals surface area contributed by atoms with Crippen molar-refractivity contribution in [2.75, 3.05) is 5.32 Å². The smallest absolute Gasteiger partial charge is 0.358 e. The Labute approximate surface area is 120 Å². The second-order valence-electron chi connectivity index (χ2n) is 4.70. The van der Waals surface area contributed by atoms with E-state index in [-0.39, 0.29) is 11.9 Å². The molecule has 8 heteroatoms. The van der Waals surface area contributed by atoms with Crippen molar-refractivity contribution >= 4 is 23.0 Å². The van der Waals surface area contributed by atoms with Crippen LogP contribution >= 0.6 is 11.3 Å². The van der Waals surface area contributed by atoms with Crippen LogP contribution in [-0.2, 0) is 7.05 Å². The van der Waals surface area contributed by atoms with Crippen molar-refractivity contribution in [3.63, 3.8) is 0 Å². The molecule has 1 N–H and O–H groups in total. The van der Waals surface area contributed by atoms with E-state index in [9.17, 15) is 10.1 Å². The van der Waals surface area contributed by atoms with Crippen LogP contribution in [0.1, 0.15) is 34.4 Å². The van der Waals surface area contributed by atoms with E-state index in [1.165, 1.54) is 0 Å². The highest BCUT2D eigenvalue weighted by molar-refractivity contribution is 7.11. The average molecular weight is 295 g/mol. The lowest BCUT2D eigenvalue weighted by atomic mass is 10.2. The lowest BCUT2D eigenvalue weighted by Gasteiger charge is -2.14. The van der Waals surface area contributed by atoms with E-state index in [1.54, 1.807) is 29.9 Å². The third-order valence-corrected chi connectivity index (χ3v) is 4.41. The summed E-state index contributed by atoms with van der Waals surface area (Å²) in [6.07, 6.45) is 0. The Balaban J connectivity index is 2.34. The monoisotopic (exact) mass is 295 g/mol. The van der Waals surface area contributed by atoms with Gasteiger partial charge in [-0.05, 0) is 30.7 Å². The second kappa shape index (κ2) is 5.20. The molecule has 0 spiro atoms. The van der Waals surface area contributed by atoms with Crippen LogP contribution in [0.2, 0.25) is 0 Å².